The van der Waals surface area contributed by atoms with E-state index in [0.717, 1.165) is 0 Å². The van der Waals surface area contributed by atoms with Crippen LogP contribution in [-0.2, 0) is 5.92 Å². The molecule has 0 radical (unpaired) electrons. The summed E-state index contributed by atoms with van der Waals surface area (Å²) in [6.07, 6.45) is 0.988. The highest BCUT2D eigenvalue weighted by atomic mass is 19.3. The van der Waals surface area contributed by atoms with Crippen LogP contribution < -0.4 is 0 Å². The number of ketones is 1. The number of rotatable bonds is 3. The number of likely N-dealkylation sites (tertiary alicyclic amines) is 1. The van der Waals surface area contributed by atoms with E-state index in [9.17, 15) is 13.6 Å². The van der Waals surface area contributed by atoms with E-state index in [1.807, 2.05) is 7.05 Å². The van der Waals surface area contributed by atoms with Crippen LogP contribution >= 0.6 is 0 Å². The topological polar surface area (TPSA) is 20.3 Å². The van der Waals surface area contributed by atoms with Crippen LogP contribution in [0.15, 0.2) is 24.3 Å². The highest BCUT2D eigenvalue weighted by Gasteiger charge is 2.42. The first-order valence-electron chi connectivity index (χ1n) is 6.59. The van der Waals surface area contributed by atoms with Gasteiger partial charge in [-0.05, 0) is 46.0 Å². The maximum Gasteiger partial charge on any atom is 0.276 e. The van der Waals surface area contributed by atoms with Crippen LogP contribution in [0.25, 0.3) is 0 Å². The minimum Gasteiger partial charge on any atom is -0.306 e. The molecule has 0 aliphatic carbocycles. The summed E-state index contributed by atoms with van der Waals surface area (Å²) >= 11 is 0. The van der Waals surface area contributed by atoms with Crippen molar-refractivity contribution in [1.82, 2.24) is 4.90 Å². The molecule has 1 aromatic carbocycles. The van der Waals surface area contributed by atoms with Crippen molar-refractivity contribution < 1.29 is 13.6 Å². The van der Waals surface area contributed by atoms with Gasteiger partial charge in [0.2, 0.25) is 0 Å². The normalized spacial score (nSPS) is 18.5. The van der Waals surface area contributed by atoms with Gasteiger partial charge in [0, 0.05) is 17.0 Å². The van der Waals surface area contributed by atoms with Gasteiger partial charge in [0.05, 0.1) is 0 Å². The van der Waals surface area contributed by atoms with Gasteiger partial charge in [-0.25, -0.2) is 8.78 Å². The predicted molar refractivity (Wildman–Crippen MR) is 70.6 cm³/mol. The van der Waals surface area contributed by atoms with Gasteiger partial charge in [0.25, 0.3) is 5.92 Å². The molecule has 0 unspecified atom stereocenters. The Morgan fingerprint density at radius 3 is 2.53 bits per heavy atom. The molecule has 0 amide bonds. The van der Waals surface area contributed by atoms with Crippen molar-refractivity contribution in [3.63, 3.8) is 0 Å². The fourth-order valence-corrected chi connectivity index (χ4v) is 2.55. The molecule has 104 valence electrons. The lowest BCUT2D eigenvalue weighted by Gasteiger charge is -2.34. The first kappa shape index (κ1) is 14.1. The van der Waals surface area contributed by atoms with E-state index < -0.39 is 11.8 Å². The Bertz CT molecular complexity index is 465. The van der Waals surface area contributed by atoms with Gasteiger partial charge in [0.15, 0.2) is 5.78 Å². The fourth-order valence-electron chi connectivity index (χ4n) is 2.55. The van der Waals surface area contributed by atoms with Crippen LogP contribution in [-0.4, -0.2) is 30.8 Å². The zero-order valence-corrected chi connectivity index (χ0v) is 11.3. The third-order valence-corrected chi connectivity index (χ3v) is 3.89. The summed E-state index contributed by atoms with van der Waals surface area (Å²) in [6, 6.07) is 5.87. The number of carbonyl (C=O) groups is 1. The van der Waals surface area contributed by atoms with Crippen LogP contribution in [0.3, 0.4) is 0 Å². The number of Topliss-reactive ketones (excluding diaryl/α,β-unsaturated/α-hetero) is 1. The molecule has 1 heterocycles. The summed E-state index contributed by atoms with van der Waals surface area (Å²) in [5, 5.41) is 0. The number of carbonyl (C=O) groups excluding carboxylic acids is 1. The van der Waals surface area contributed by atoms with Crippen LogP contribution in [0.2, 0.25) is 0 Å². The summed E-state index contributed by atoms with van der Waals surface area (Å²) in [5.41, 5.74) is 0.319. The number of hydrogen-bond acceptors (Lipinski definition) is 2. The van der Waals surface area contributed by atoms with Crippen LogP contribution in [0, 0.1) is 5.92 Å². The van der Waals surface area contributed by atoms with E-state index in [4.69, 9.17) is 0 Å². The molecule has 0 saturated carbocycles. The number of halogens is 2. The van der Waals surface area contributed by atoms with Crippen LogP contribution in [0.4, 0.5) is 8.78 Å². The van der Waals surface area contributed by atoms with Crippen LogP contribution in [0.1, 0.15) is 35.7 Å². The largest absolute Gasteiger partial charge is 0.306 e. The Hall–Kier alpha value is -1.29. The molecule has 1 aliphatic rings. The molecule has 0 N–H and O–H groups in total. The average molecular weight is 267 g/mol. The van der Waals surface area contributed by atoms with Gasteiger partial charge in [-0.1, -0.05) is 18.2 Å². The number of alkyl halides is 2. The maximum atomic E-state index is 14.5. The van der Waals surface area contributed by atoms with Crippen molar-refractivity contribution in [2.24, 2.45) is 5.92 Å². The van der Waals surface area contributed by atoms with E-state index in [1.165, 1.54) is 25.1 Å². The van der Waals surface area contributed by atoms with Crippen molar-refractivity contribution in [3.05, 3.63) is 35.4 Å². The Morgan fingerprint density at radius 2 is 1.95 bits per heavy atom. The Balaban J connectivity index is 2.23. The van der Waals surface area contributed by atoms with Gasteiger partial charge in [-0.3, -0.25) is 4.79 Å². The van der Waals surface area contributed by atoms with Crippen LogP contribution in [0.5, 0.6) is 0 Å². The standard InChI is InChI=1S/C15H19F2NO/c1-11(19)12-4-3-5-14(10-12)15(16,17)13-6-8-18(2)9-7-13/h3-5,10,13H,6-9H2,1-2H3. The lowest BCUT2D eigenvalue weighted by atomic mass is 9.86. The summed E-state index contributed by atoms with van der Waals surface area (Å²) in [6.45, 7) is 2.80. The monoisotopic (exact) mass is 267 g/mol. The van der Waals surface area contributed by atoms with E-state index in [0.29, 0.717) is 31.5 Å². The van der Waals surface area contributed by atoms with E-state index in [1.54, 1.807) is 6.07 Å². The smallest absolute Gasteiger partial charge is 0.276 e. The zero-order valence-electron chi connectivity index (χ0n) is 11.3. The maximum absolute atomic E-state index is 14.5. The fraction of sp³-hybridized carbons (Fsp3) is 0.533. The van der Waals surface area contributed by atoms with Gasteiger partial charge in [0.1, 0.15) is 0 Å². The molecule has 19 heavy (non-hydrogen) atoms. The molecule has 2 nitrogen and oxygen atoms in total. The molecule has 1 fully saturated rings. The summed E-state index contributed by atoms with van der Waals surface area (Å²) < 4.78 is 29.0. The minimum absolute atomic E-state index is 0.0326. The molecular weight excluding hydrogens is 248 g/mol. The van der Waals surface area contributed by atoms with Gasteiger partial charge in [-0.15, -0.1) is 0 Å². The Labute approximate surface area is 112 Å². The second-order valence-electron chi connectivity index (χ2n) is 5.34. The Morgan fingerprint density at radius 1 is 1.32 bits per heavy atom. The van der Waals surface area contributed by atoms with Crippen molar-refractivity contribution >= 4 is 5.78 Å². The third-order valence-electron chi connectivity index (χ3n) is 3.89. The van der Waals surface area contributed by atoms with E-state index >= 15 is 0 Å². The predicted octanol–water partition coefficient (Wildman–Crippen LogP) is 3.32. The first-order valence-corrected chi connectivity index (χ1v) is 6.59. The average Bonchev–Trinajstić information content (AvgIpc) is 2.39. The molecule has 4 heteroatoms. The number of benzene rings is 1. The first-order chi connectivity index (χ1) is 8.91. The molecule has 1 saturated heterocycles. The summed E-state index contributed by atoms with van der Waals surface area (Å²) in [7, 11) is 1.95. The van der Waals surface area contributed by atoms with Crippen molar-refractivity contribution in [2.45, 2.75) is 25.7 Å². The van der Waals surface area contributed by atoms with Gasteiger partial charge in [-0.2, -0.15) is 0 Å². The number of nitrogens with zero attached hydrogens (tertiary/aromatic N) is 1. The molecular formula is C15H19F2NO. The zero-order chi connectivity index (χ0) is 14.0. The summed E-state index contributed by atoms with van der Waals surface area (Å²) in [5.74, 6) is -3.67. The number of piperidine rings is 1. The molecule has 0 atom stereocenters. The second-order valence-corrected chi connectivity index (χ2v) is 5.34. The summed E-state index contributed by atoms with van der Waals surface area (Å²) in [4.78, 5) is 13.4. The molecule has 1 aromatic rings. The molecule has 0 bridgehead atoms. The molecule has 0 aromatic heterocycles. The Kier molecular flexibility index (Phi) is 3.99. The van der Waals surface area contributed by atoms with Crippen molar-refractivity contribution in [1.29, 1.82) is 0 Å². The highest BCUT2D eigenvalue weighted by Crippen LogP contribution is 2.41. The minimum atomic E-state index is -2.85. The third kappa shape index (κ3) is 3.00. The number of hydrogen-bond donors (Lipinski definition) is 0. The van der Waals surface area contributed by atoms with E-state index in [2.05, 4.69) is 4.90 Å². The quantitative estimate of drug-likeness (QED) is 0.783. The molecule has 1 aliphatic heterocycles. The highest BCUT2D eigenvalue weighted by molar-refractivity contribution is 5.94. The lowest BCUT2D eigenvalue weighted by Crippen LogP contribution is -2.37. The second kappa shape index (κ2) is 5.37. The lowest BCUT2D eigenvalue weighted by molar-refractivity contribution is -0.0837. The molecule has 2 rings (SSSR count). The van der Waals surface area contributed by atoms with Gasteiger partial charge >= 0.3 is 0 Å². The molecule has 0 spiro atoms. The SMILES string of the molecule is CC(=O)c1cccc(C(F)(F)C2CCN(C)CC2)c1. The van der Waals surface area contributed by atoms with Crippen molar-refractivity contribution in [2.75, 3.05) is 20.1 Å². The van der Waals surface area contributed by atoms with E-state index in [-0.39, 0.29) is 11.3 Å². The van der Waals surface area contributed by atoms with Gasteiger partial charge < -0.3 is 4.90 Å². The van der Waals surface area contributed by atoms with Crippen molar-refractivity contribution in [3.8, 4) is 0 Å².